The summed E-state index contributed by atoms with van der Waals surface area (Å²) in [5, 5.41) is 9.68. The second-order valence-corrected chi connectivity index (χ2v) is 7.23. The van der Waals surface area contributed by atoms with E-state index in [1.807, 2.05) is 0 Å². The van der Waals surface area contributed by atoms with Gasteiger partial charge >= 0.3 is 6.18 Å². The molecule has 2 aromatic heterocycles. The molecule has 3 N–H and O–H groups in total. The number of halogens is 3. The molecule has 1 fully saturated rings. The molecule has 1 saturated heterocycles. The Morgan fingerprint density at radius 1 is 1.38 bits per heavy atom. The van der Waals surface area contributed by atoms with E-state index in [0.717, 1.165) is 24.3 Å². The third-order valence-corrected chi connectivity index (χ3v) is 5.27. The van der Waals surface area contributed by atoms with E-state index in [1.54, 1.807) is 12.1 Å². The molecule has 2 aliphatic heterocycles. The quantitative estimate of drug-likeness (QED) is 0.674. The second kappa shape index (κ2) is 8.07. The van der Waals surface area contributed by atoms with Crippen LogP contribution in [0.2, 0.25) is 0 Å². The van der Waals surface area contributed by atoms with E-state index in [9.17, 15) is 18.0 Å². The average molecular weight is 414 g/mol. The van der Waals surface area contributed by atoms with E-state index in [-0.39, 0.29) is 17.9 Å². The summed E-state index contributed by atoms with van der Waals surface area (Å²) in [6.45, 7) is 4.28. The summed E-state index contributed by atoms with van der Waals surface area (Å²) in [4.78, 5) is 13.7. The molecule has 0 aliphatic carbocycles. The molecule has 4 heterocycles. The largest absolute Gasteiger partial charge is 0.467 e. The Hall–Kier alpha value is -2.53. The standard InChI is InChI=1S/C18H22F3N5O3/c19-18(20,21)15-10-12(14-2-1-7-29-14)23-16-11-13(24-26(15)16)17(27)22-3-4-25-5-8-28-9-6-25/h1-2,7,11-12,15,23H,3-6,8-10H2,(H,22,27)/p+1/t12-,15+/m0/s1. The number of fused-ring (bicyclic) bond motifs is 1. The van der Waals surface area contributed by atoms with Gasteiger partial charge < -0.3 is 24.7 Å². The van der Waals surface area contributed by atoms with Gasteiger partial charge in [-0.05, 0) is 12.1 Å². The van der Waals surface area contributed by atoms with Gasteiger partial charge in [0, 0.05) is 12.5 Å². The lowest BCUT2D eigenvalue weighted by atomic mass is 10.0. The summed E-state index contributed by atoms with van der Waals surface area (Å²) in [7, 11) is 0. The molecule has 0 saturated carbocycles. The summed E-state index contributed by atoms with van der Waals surface area (Å²) >= 11 is 0. The van der Waals surface area contributed by atoms with Crippen molar-refractivity contribution in [1.82, 2.24) is 15.1 Å². The molecule has 0 unspecified atom stereocenters. The Bertz CT molecular complexity index is 830. The third-order valence-electron chi connectivity index (χ3n) is 5.27. The number of carbonyl (C=O) groups excluding carboxylic acids is 1. The fourth-order valence-corrected chi connectivity index (χ4v) is 3.71. The van der Waals surface area contributed by atoms with Crippen molar-refractivity contribution in [3.8, 4) is 0 Å². The topological polar surface area (TPSA) is 85.8 Å². The van der Waals surface area contributed by atoms with Crippen LogP contribution in [0.25, 0.3) is 0 Å². The molecular weight excluding hydrogens is 391 g/mol. The molecule has 0 radical (unpaired) electrons. The maximum atomic E-state index is 13.6. The number of amides is 1. The van der Waals surface area contributed by atoms with E-state index in [4.69, 9.17) is 9.15 Å². The molecule has 0 bridgehead atoms. The number of morpholine rings is 1. The molecule has 2 aromatic rings. The highest BCUT2D eigenvalue weighted by Crippen LogP contribution is 2.43. The lowest BCUT2D eigenvalue weighted by molar-refractivity contribution is -0.906. The molecule has 2 atom stereocenters. The molecule has 29 heavy (non-hydrogen) atoms. The number of quaternary nitrogens is 1. The van der Waals surface area contributed by atoms with Crippen LogP contribution in [0.5, 0.6) is 0 Å². The molecule has 8 nitrogen and oxygen atoms in total. The number of nitrogens with one attached hydrogen (secondary N) is 3. The number of hydrogen-bond donors (Lipinski definition) is 3. The van der Waals surface area contributed by atoms with Crippen molar-refractivity contribution in [3.63, 3.8) is 0 Å². The van der Waals surface area contributed by atoms with Crippen molar-refractivity contribution in [3.05, 3.63) is 35.9 Å². The minimum absolute atomic E-state index is 0.0428. The van der Waals surface area contributed by atoms with Gasteiger partial charge in [0.05, 0.1) is 38.6 Å². The summed E-state index contributed by atoms with van der Waals surface area (Å²) in [5.41, 5.74) is -0.0428. The molecular formula is C18H23F3N5O3+. The maximum Gasteiger partial charge on any atom is 0.410 e. The summed E-state index contributed by atoms with van der Waals surface area (Å²) in [6.07, 6.45) is -3.35. The van der Waals surface area contributed by atoms with Gasteiger partial charge in [0.1, 0.15) is 24.7 Å². The Morgan fingerprint density at radius 3 is 2.86 bits per heavy atom. The van der Waals surface area contributed by atoms with Crippen molar-refractivity contribution < 1.29 is 32.0 Å². The van der Waals surface area contributed by atoms with Crippen molar-refractivity contribution in [2.24, 2.45) is 0 Å². The minimum atomic E-state index is -4.50. The predicted octanol–water partition coefficient (Wildman–Crippen LogP) is 0.781. The van der Waals surface area contributed by atoms with E-state index < -0.39 is 24.2 Å². The van der Waals surface area contributed by atoms with Crippen LogP contribution in [0.1, 0.15) is 34.8 Å². The van der Waals surface area contributed by atoms with Crippen LogP contribution in [-0.2, 0) is 4.74 Å². The molecule has 1 amide bonds. The molecule has 2 aliphatic rings. The van der Waals surface area contributed by atoms with Gasteiger partial charge in [-0.2, -0.15) is 18.3 Å². The van der Waals surface area contributed by atoms with Gasteiger partial charge in [-0.3, -0.25) is 4.79 Å². The lowest BCUT2D eigenvalue weighted by Crippen LogP contribution is -3.14. The van der Waals surface area contributed by atoms with Crippen LogP contribution >= 0.6 is 0 Å². The van der Waals surface area contributed by atoms with Crippen molar-refractivity contribution in [2.45, 2.75) is 24.7 Å². The number of carbonyl (C=O) groups is 1. The highest BCUT2D eigenvalue weighted by Gasteiger charge is 2.47. The van der Waals surface area contributed by atoms with E-state index in [1.165, 1.54) is 17.2 Å². The van der Waals surface area contributed by atoms with Crippen molar-refractivity contribution in [1.29, 1.82) is 0 Å². The van der Waals surface area contributed by atoms with E-state index in [2.05, 4.69) is 15.7 Å². The Kier molecular flexibility index (Phi) is 5.50. The molecule has 158 valence electrons. The maximum absolute atomic E-state index is 13.6. The Labute approximate surface area is 165 Å². The van der Waals surface area contributed by atoms with Crippen LogP contribution in [0.15, 0.2) is 28.9 Å². The van der Waals surface area contributed by atoms with Crippen molar-refractivity contribution >= 4 is 11.7 Å². The zero-order chi connectivity index (χ0) is 20.4. The SMILES string of the molecule is O=C(NCC[NH+]1CCOCC1)c1cc2n(n1)[C@@H](C(F)(F)F)C[C@@H](c1ccco1)N2. The number of ether oxygens (including phenoxy) is 1. The molecule has 4 rings (SSSR count). The number of hydrogen-bond acceptors (Lipinski definition) is 5. The smallest absolute Gasteiger partial charge is 0.410 e. The Morgan fingerprint density at radius 2 is 2.17 bits per heavy atom. The monoisotopic (exact) mass is 414 g/mol. The van der Waals surface area contributed by atoms with Gasteiger partial charge in [0.15, 0.2) is 11.7 Å². The first kappa shape index (κ1) is 19.8. The zero-order valence-electron chi connectivity index (χ0n) is 15.7. The lowest BCUT2D eigenvalue weighted by Gasteiger charge is -2.32. The number of anilines is 1. The summed E-state index contributed by atoms with van der Waals surface area (Å²) in [6, 6.07) is 2.11. The fraction of sp³-hybridized carbons (Fsp3) is 0.556. The highest BCUT2D eigenvalue weighted by molar-refractivity contribution is 5.93. The highest BCUT2D eigenvalue weighted by atomic mass is 19.4. The van der Waals surface area contributed by atoms with Crippen molar-refractivity contribution in [2.75, 3.05) is 44.7 Å². The number of alkyl halides is 3. The Balaban J connectivity index is 1.46. The van der Waals surface area contributed by atoms with Gasteiger partial charge in [-0.1, -0.05) is 0 Å². The fourth-order valence-electron chi connectivity index (χ4n) is 3.71. The second-order valence-electron chi connectivity index (χ2n) is 7.23. The number of rotatable bonds is 5. The molecule has 0 spiro atoms. The number of nitrogens with zero attached hydrogens (tertiary/aromatic N) is 2. The van der Waals surface area contributed by atoms with Crippen LogP contribution in [-0.4, -0.2) is 61.3 Å². The van der Waals surface area contributed by atoms with Gasteiger partial charge in [-0.25, -0.2) is 4.68 Å². The number of furan rings is 1. The summed E-state index contributed by atoms with van der Waals surface area (Å²) < 4.78 is 52.3. The first-order valence-electron chi connectivity index (χ1n) is 9.57. The normalized spacial score (nSPS) is 22.7. The zero-order valence-corrected chi connectivity index (χ0v) is 15.7. The van der Waals surface area contributed by atoms with Gasteiger partial charge in [-0.15, -0.1) is 0 Å². The minimum Gasteiger partial charge on any atom is -0.467 e. The first-order chi connectivity index (χ1) is 13.9. The van der Waals surface area contributed by atoms with Gasteiger partial charge in [0.25, 0.3) is 5.91 Å². The van der Waals surface area contributed by atoms with E-state index >= 15 is 0 Å². The third kappa shape index (κ3) is 4.40. The van der Waals surface area contributed by atoms with Crippen LogP contribution in [0.4, 0.5) is 19.0 Å². The molecule has 0 aromatic carbocycles. The van der Waals surface area contributed by atoms with Crippen LogP contribution in [0, 0.1) is 0 Å². The summed E-state index contributed by atoms with van der Waals surface area (Å²) in [5.74, 6) is 0.0620. The molecule has 11 heteroatoms. The van der Waals surface area contributed by atoms with E-state index in [0.29, 0.717) is 25.5 Å². The van der Waals surface area contributed by atoms with Crippen LogP contribution in [0.3, 0.4) is 0 Å². The average Bonchev–Trinajstić information content (AvgIpc) is 3.37. The van der Waals surface area contributed by atoms with Gasteiger partial charge in [0.2, 0.25) is 0 Å². The number of aromatic nitrogens is 2. The first-order valence-corrected chi connectivity index (χ1v) is 9.57. The predicted molar refractivity (Wildman–Crippen MR) is 95.7 cm³/mol. The van der Waals surface area contributed by atoms with Crippen LogP contribution < -0.4 is 15.5 Å².